The van der Waals surface area contributed by atoms with Crippen molar-refractivity contribution < 1.29 is 8.91 Å². The minimum Gasteiger partial charge on any atom is -0.360 e. The molecule has 16 heavy (non-hydrogen) atoms. The maximum Gasteiger partial charge on any atom is 0.239 e. The van der Waals surface area contributed by atoms with Crippen molar-refractivity contribution in [3.05, 3.63) is 24.2 Å². The smallest absolute Gasteiger partial charge is 0.239 e. The molecular formula is C7H8FN7O. The number of aromatic nitrogens is 4. The predicted octanol–water partition coefficient (Wildman–Crippen LogP) is -0.104. The number of nitrogens with zero attached hydrogens (tertiary/aromatic N) is 4. The van der Waals surface area contributed by atoms with E-state index in [9.17, 15) is 4.39 Å². The maximum absolute atomic E-state index is 13.2. The molecule has 2 heterocycles. The first-order valence-corrected chi connectivity index (χ1v) is 4.28. The molecule has 2 aromatic rings. The van der Waals surface area contributed by atoms with Gasteiger partial charge in [-0.25, -0.2) is 15.2 Å². The molecule has 2 aromatic heterocycles. The van der Waals surface area contributed by atoms with Crippen molar-refractivity contribution in [3.63, 3.8) is 0 Å². The van der Waals surface area contributed by atoms with E-state index in [-0.39, 0.29) is 18.3 Å². The average molecular weight is 225 g/mol. The highest BCUT2D eigenvalue weighted by Crippen LogP contribution is 2.11. The molecule has 0 amide bonds. The van der Waals surface area contributed by atoms with E-state index < -0.39 is 5.82 Å². The Balaban J connectivity index is 2.08. The highest BCUT2D eigenvalue weighted by atomic mass is 19.1. The number of nitrogens with one attached hydrogen (secondary N) is 2. The average Bonchev–Trinajstić information content (AvgIpc) is 2.81. The lowest BCUT2D eigenvalue weighted by Crippen LogP contribution is -2.13. The van der Waals surface area contributed by atoms with Gasteiger partial charge in [-0.2, -0.15) is 9.97 Å². The number of nitrogens with two attached hydrogens (primary N) is 1. The van der Waals surface area contributed by atoms with E-state index in [0.29, 0.717) is 5.82 Å². The molecule has 0 atom stereocenters. The Morgan fingerprint density at radius 2 is 2.31 bits per heavy atom. The largest absolute Gasteiger partial charge is 0.360 e. The first-order chi connectivity index (χ1) is 7.79. The topological polar surface area (TPSA) is 115 Å². The van der Waals surface area contributed by atoms with Crippen LogP contribution in [0.25, 0.3) is 0 Å². The van der Waals surface area contributed by atoms with E-state index >= 15 is 0 Å². The molecule has 0 fully saturated rings. The van der Waals surface area contributed by atoms with Crippen molar-refractivity contribution in [1.29, 1.82) is 0 Å². The molecular weight excluding hydrogens is 217 g/mol. The summed E-state index contributed by atoms with van der Waals surface area (Å²) in [4.78, 5) is 11.1. The van der Waals surface area contributed by atoms with Crippen LogP contribution < -0.4 is 16.6 Å². The van der Waals surface area contributed by atoms with Gasteiger partial charge in [-0.05, 0) is 0 Å². The van der Waals surface area contributed by atoms with Gasteiger partial charge in [0.15, 0.2) is 17.5 Å². The van der Waals surface area contributed by atoms with E-state index in [1.165, 1.54) is 6.39 Å². The molecule has 0 aliphatic rings. The van der Waals surface area contributed by atoms with Crippen LogP contribution in [0.4, 0.5) is 16.2 Å². The van der Waals surface area contributed by atoms with Crippen LogP contribution in [-0.2, 0) is 6.54 Å². The molecule has 0 saturated carbocycles. The second-order valence-electron chi connectivity index (χ2n) is 2.74. The number of halogens is 1. The van der Waals surface area contributed by atoms with Crippen LogP contribution in [-0.4, -0.2) is 20.1 Å². The Hall–Kier alpha value is -2.29. The first kappa shape index (κ1) is 10.2. The van der Waals surface area contributed by atoms with E-state index in [4.69, 9.17) is 5.84 Å². The lowest BCUT2D eigenvalue weighted by Gasteiger charge is -2.05. The minimum atomic E-state index is -0.595. The van der Waals surface area contributed by atoms with Gasteiger partial charge >= 0.3 is 0 Å². The normalized spacial score (nSPS) is 10.1. The SMILES string of the molecule is NNc1ncc(F)c(NCc2ncon2)n1. The number of hydrogen-bond acceptors (Lipinski definition) is 8. The van der Waals surface area contributed by atoms with Gasteiger partial charge in [0.2, 0.25) is 12.3 Å². The van der Waals surface area contributed by atoms with Crippen molar-refractivity contribution in [3.8, 4) is 0 Å². The summed E-state index contributed by atoms with van der Waals surface area (Å²) in [6, 6.07) is 0. The fourth-order valence-electron chi connectivity index (χ4n) is 0.994. The lowest BCUT2D eigenvalue weighted by molar-refractivity contribution is 0.411. The molecule has 9 heteroatoms. The fraction of sp³-hybridized carbons (Fsp3) is 0.143. The Morgan fingerprint density at radius 1 is 1.44 bits per heavy atom. The number of rotatable bonds is 4. The minimum absolute atomic E-state index is 0.00718. The highest BCUT2D eigenvalue weighted by molar-refractivity contribution is 5.40. The molecule has 0 radical (unpaired) electrons. The van der Waals surface area contributed by atoms with Gasteiger partial charge in [-0.15, -0.1) is 0 Å². The van der Waals surface area contributed by atoms with Crippen LogP contribution in [0.5, 0.6) is 0 Å². The van der Waals surface area contributed by atoms with Crippen molar-refractivity contribution in [2.75, 3.05) is 10.7 Å². The number of anilines is 2. The molecule has 0 aliphatic carbocycles. The van der Waals surface area contributed by atoms with Crippen LogP contribution in [0.1, 0.15) is 5.82 Å². The van der Waals surface area contributed by atoms with Crippen molar-refractivity contribution in [2.24, 2.45) is 5.84 Å². The number of hydrogen-bond donors (Lipinski definition) is 3. The molecule has 0 bridgehead atoms. The van der Waals surface area contributed by atoms with Crippen molar-refractivity contribution in [1.82, 2.24) is 20.1 Å². The summed E-state index contributed by atoms with van der Waals surface area (Å²) in [5.41, 5.74) is 2.21. The van der Waals surface area contributed by atoms with Crippen LogP contribution >= 0.6 is 0 Å². The molecule has 0 unspecified atom stereocenters. The molecule has 0 spiro atoms. The third kappa shape index (κ3) is 2.20. The third-order valence-electron chi connectivity index (χ3n) is 1.69. The van der Waals surface area contributed by atoms with E-state index in [0.717, 1.165) is 6.20 Å². The molecule has 0 aliphatic heterocycles. The molecule has 0 aromatic carbocycles. The zero-order chi connectivity index (χ0) is 11.4. The highest BCUT2D eigenvalue weighted by Gasteiger charge is 2.07. The number of hydrazine groups is 1. The molecule has 2 rings (SSSR count). The van der Waals surface area contributed by atoms with Crippen LogP contribution in [0.15, 0.2) is 17.1 Å². The summed E-state index contributed by atoms with van der Waals surface area (Å²) in [6.07, 6.45) is 2.18. The zero-order valence-electron chi connectivity index (χ0n) is 8.01. The van der Waals surface area contributed by atoms with Gasteiger partial charge in [0.25, 0.3) is 0 Å². The van der Waals surface area contributed by atoms with Gasteiger partial charge < -0.3 is 9.84 Å². The maximum atomic E-state index is 13.2. The van der Waals surface area contributed by atoms with Gasteiger partial charge in [0.05, 0.1) is 12.7 Å². The molecule has 4 N–H and O–H groups in total. The molecule has 0 saturated heterocycles. The predicted molar refractivity (Wildman–Crippen MR) is 51.4 cm³/mol. The van der Waals surface area contributed by atoms with Crippen LogP contribution in [0.2, 0.25) is 0 Å². The lowest BCUT2D eigenvalue weighted by atomic mass is 10.5. The van der Waals surface area contributed by atoms with Crippen LogP contribution in [0, 0.1) is 5.82 Å². The Kier molecular flexibility index (Phi) is 2.87. The third-order valence-corrected chi connectivity index (χ3v) is 1.69. The molecule has 84 valence electrons. The van der Waals surface area contributed by atoms with Gasteiger partial charge in [-0.1, -0.05) is 5.16 Å². The summed E-state index contributed by atoms with van der Waals surface area (Å²) >= 11 is 0. The van der Waals surface area contributed by atoms with E-state index in [1.807, 2.05) is 0 Å². The summed E-state index contributed by atoms with van der Waals surface area (Å²) in [7, 11) is 0. The zero-order valence-corrected chi connectivity index (χ0v) is 8.01. The first-order valence-electron chi connectivity index (χ1n) is 4.28. The van der Waals surface area contributed by atoms with Gasteiger partial charge in [-0.3, -0.25) is 5.43 Å². The van der Waals surface area contributed by atoms with Gasteiger partial charge in [0, 0.05) is 0 Å². The summed E-state index contributed by atoms with van der Waals surface area (Å²) in [6.45, 7) is 0.189. The van der Waals surface area contributed by atoms with Crippen molar-refractivity contribution >= 4 is 11.8 Å². The Bertz CT molecular complexity index is 460. The second-order valence-corrected chi connectivity index (χ2v) is 2.74. The standard InChI is InChI=1S/C7H8FN7O/c8-4-1-11-7(14-9)13-6(4)10-2-5-12-3-16-15-5/h1,3H,2,9H2,(H2,10,11,13,14). The number of nitrogen functional groups attached to an aromatic ring is 1. The van der Waals surface area contributed by atoms with Gasteiger partial charge in [0.1, 0.15) is 0 Å². The fourth-order valence-corrected chi connectivity index (χ4v) is 0.994. The monoisotopic (exact) mass is 225 g/mol. The second kappa shape index (κ2) is 4.49. The van der Waals surface area contributed by atoms with E-state index in [2.05, 4.69) is 35.4 Å². The quantitative estimate of drug-likeness (QED) is 0.488. The summed E-state index contributed by atoms with van der Waals surface area (Å²) in [5, 5.41) is 6.23. The molecule has 8 nitrogen and oxygen atoms in total. The summed E-state index contributed by atoms with van der Waals surface area (Å²) in [5.74, 6) is 5.00. The van der Waals surface area contributed by atoms with Crippen molar-refractivity contribution in [2.45, 2.75) is 6.54 Å². The Labute approximate surface area is 89.1 Å². The van der Waals surface area contributed by atoms with E-state index in [1.54, 1.807) is 0 Å². The Morgan fingerprint density at radius 3 is 3.00 bits per heavy atom. The summed E-state index contributed by atoms with van der Waals surface area (Å²) < 4.78 is 17.7. The van der Waals surface area contributed by atoms with Crippen LogP contribution in [0.3, 0.4) is 0 Å².